The molecule has 37 heavy (non-hydrogen) atoms. The van der Waals surface area contributed by atoms with Crippen molar-refractivity contribution in [3.8, 4) is 11.5 Å². The zero-order valence-electron chi connectivity index (χ0n) is 20.2. The smallest absolute Gasteiger partial charge is 0.258 e. The van der Waals surface area contributed by atoms with Gasteiger partial charge in [0.25, 0.3) is 5.91 Å². The highest BCUT2D eigenvalue weighted by molar-refractivity contribution is 6.02. The molecule has 0 aliphatic carbocycles. The number of benzene rings is 3. The molecule has 1 atom stereocenters. The first-order chi connectivity index (χ1) is 18.2. The predicted molar refractivity (Wildman–Crippen MR) is 140 cm³/mol. The molecular formula is C29H26N4O4. The summed E-state index contributed by atoms with van der Waals surface area (Å²) in [6.45, 7) is 3.40. The van der Waals surface area contributed by atoms with E-state index in [0.717, 1.165) is 52.4 Å². The zero-order chi connectivity index (χ0) is 24.8. The fourth-order valence-corrected chi connectivity index (χ4v) is 5.29. The molecule has 186 valence electrons. The van der Waals surface area contributed by atoms with Crippen molar-refractivity contribution in [1.82, 2.24) is 9.88 Å². The van der Waals surface area contributed by atoms with Crippen LogP contribution in [0.1, 0.15) is 27.7 Å². The Morgan fingerprint density at radius 2 is 1.73 bits per heavy atom. The van der Waals surface area contributed by atoms with Crippen LogP contribution in [0.25, 0.3) is 10.9 Å². The second-order valence-corrected chi connectivity index (χ2v) is 9.41. The van der Waals surface area contributed by atoms with Gasteiger partial charge in [0.15, 0.2) is 11.5 Å². The normalized spacial score (nSPS) is 18.6. The van der Waals surface area contributed by atoms with Gasteiger partial charge in [0, 0.05) is 36.3 Å². The van der Waals surface area contributed by atoms with Crippen molar-refractivity contribution in [3.63, 3.8) is 0 Å². The van der Waals surface area contributed by atoms with E-state index >= 15 is 0 Å². The number of rotatable bonds is 4. The van der Waals surface area contributed by atoms with Crippen molar-refractivity contribution >= 4 is 28.3 Å². The quantitative estimate of drug-likeness (QED) is 0.446. The standard InChI is InChI=1S/C29H26N4O4/c34-29-21-6-2-4-8-24(21)31-28(33(29)17-19-9-10-25-26(15-19)37-18-36-25)22-16-20-5-1-3-7-23(20)30-27(22)32-11-13-35-14-12-32/h1-10,15-16,28,31H,11-14,17-18H2. The minimum Gasteiger partial charge on any atom is -0.454 e. The van der Waals surface area contributed by atoms with Crippen molar-refractivity contribution in [2.24, 2.45) is 0 Å². The van der Waals surface area contributed by atoms with Crippen molar-refractivity contribution in [2.75, 3.05) is 43.3 Å². The third-order valence-electron chi connectivity index (χ3n) is 7.15. The number of amides is 1. The van der Waals surface area contributed by atoms with Gasteiger partial charge in [0.1, 0.15) is 12.0 Å². The third-order valence-corrected chi connectivity index (χ3v) is 7.15. The molecule has 3 aliphatic rings. The molecular weight excluding hydrogens is 468 g/mol. The van der Waals surface area contributed by atoms with Gasteiger partial charge >= 0.3 is 0 Å². The Morgan fingerprint density at radius 1 is 0.919 bits per heavy atom. The van der Waals surface area contributed by atoms with Gasteiger partial charge in [-0.25, -0.2) is 4.98 Å². The number of nitrogens with zero attached hydrogens (tertiary/aromatic N) is 3. The number of pyridine rings is 1. The largest absolute Gasteiger partial charge is 0.454 e. The van der Waals surface area contributed by atoms with Crippen molar-refractivity contribution in [3.05, 3.63) is 89.5 Å². The van der Waals surface area contributed by atoms with Gasteiger partial charge in [0.05, 0.1) is 24.3 Å². The number of para-hydroxylation sites is 2. The van der Waals surface area contributed by atoms with Gasteiger partial charge in [0.2, 0.25) is 6.79 Å². The van der Waals surface area contributed by atoms with Crippen molar-refractivity contribution in [2.45, 2.75) is 12.7 Å². The average Bonchev–Trinajstić information content (AvgIpc) is 3.42. The third kappa shape index (κ3) is 3.90. The number of hydrogen-bond donors (Lipinski definition) is 1. The Labute approximate surface area is 214 Å². The van der Waals surface area contributed by atoms with E-state index in [1.165, 1.54) is 0 Å². The number of hydrogen-bond acceptors (Lipinski definition) is 7. The molecule has 0 saturated carbocycles. The Hall–Kier alpha value is -4.30. The number of anilines is 2. The first kappa shape index (κ1) is 21.9. The molecule has 1 amide bonds. The van der Waals surface area contributed by atoms with Gasteiger partial charge in [-0.3, -0.25) is 4.79 Å². The minimum absolute atomic E-state index is 0.0295. The number of ether oxygens (including phenoxy) is 3. The Balaban J connectivity index is 1.36. The molecule has 1 fully saturated rings. The van der Waals surface area contributed by atoms with Crippen molar-refractivity contribution < 1.29 is 19.0 Å². The van der Waals surface area contributed by atoms with Gasteiger partial charge in [-0.1, -0.05) is 36.4 Å². The van der Waals surface area contributed by atoms with E-state index in [-0.39, 0.29) is 12.7 Å². The number of fused-ring (bicyclic) bond motifs is 3. The summed E-state index contributed by atoms with van der Waals surface area (Å²) in [5.41, 5.74) is 4.33. The number of carbonyl (C=O) groups excluding carboxylic acids is 1. The molecule has 8 heteroatoms. The molecule has 1 unspecified atom stereocenters. The van der Waals surface area contributed by atoms with E-state index in [1.807, 2.05) is 65.6 Å². The molecule has 0 spiro atoms. The lowest BCUT2D eigenvalue weighted by atomic mass is 10.0. The van der Waals surface area contributed by atoms with Crippen LogP contribution < -0.4 is 19.7 Å². The average molecular weight is 495 g/mol. The van der Waals surface area contributed by atoms with Crippen LogP contribution in [-0.4, -0.2) is 48.9 Å². The maximum Gasteiger partial charge on any atom is 0.258 e. The highest BCUT2D eigenvalue weighted by Crippen LogP contribution is 2.40. The van der Waals surface area contributed by atoms with E-state index in [1.54, 1.807) is 0 Å². The maximum atomic E-state index is 14.0. The van der Waals surface area contributed by atoms with Crippen LogP contribution in [0.15, 0.2) is 72.8 Å². The Morgan fingerprint density at radius 3 is 2.65 bits per heavy atom. The van der Waals surface area contributed by atoms with Crippen LogP contribution in [-0.2, 0) is 11.3 Å². The number of carbonyl (C=O) groups is 1. The fraction of sp³-hybridized carbons (Fsp3) is 0.241. The lowest BCUT2D eigenvalue weighted by Gasteiger charge is -2.40. The predicted octanol–water partition coefficient (Wildman–Crippen LogP) is 4.57. The van der Waals surface area contributed by atoms with Crippen molar-refractivity contribution in [1.29, 1.82) is 0 Å². The Kier molecular flexibility index (Phi) is 5.32. The highest BCUT2D eigenvalue weighted by atomic mass is 16.7. The van der Waals surface area contributed by atoms with Gasteiger partial charge in [-0.2, -0.15) is 0 Å². The van der Waals surface area contributed by atoms with Crippen LogP contribution in [0.3, 0.4) is 0 Å². The summed E-state index contributed by atoms with van der Waals surface area (Å²) >= 11 is 0. The summed E-state index contributed by atoms with van der Waals surface area (Å²) in [4.78, 5) is 23.2. The number of aromatic nitrogens is 1. The van der Waals surface area contributed by atoms with E-state index in [2.05, 4.69) is 22.3 Å². The van der Waals surface area contributed by atoms with Crippen LogP contribution >= 0.6 is 0 Å². The molecule has 1 N–H and O–H groups in total. The summed E-state index contributed by atoms with van der Waals surface area (Å²) in [5, 5.41) is 4.69. The molecule has 8 nitrogen and oxygen atoms in total. The van der Waals surface area contributed by atoms with Crippen LogP contribution in [0.2, 0.25) is 0 Å². The molecule has 0 bridgehead atoms. The minimum atomic E-state index is -0.414. The molecule has 3 aliphatic heterocycles. The van der Waals surface area contributed by atoms with E-state index in [0.29, 0.717) is 31.1 Å². The number of nitrogens with one attached hydrogen (secondary N) is 1. The highest BCUT2D eigenvalue weighted by Gasteiger charge is 2.36. The summed E-state index contributed by atoms with van der Waals surface area (Å²) < 4.78 is 16.7. The molecule has 4 heterocycles. The summed E-state index contributed by atoms with van der Waals surface area (Å²) in [6, 6.07) is 23.8. The fourth-order valence-electron chi connectivity index (χ4n) is 5.29. The Bertz CT molecular complexity index is 1500. The zero-order valence-corrected chi connectivity index (χ0v) is 20.2. The second-order valence-electron chi connectivity index (χ2n) is 9.41. The van der Waals surface area contributed by atoms with Crippen LogP contribution in [0.5, 0.6) is 11.5 Å². The second kappa shape index (κ2) is 8.97. The topological polar surface area (TPSA) is 76.2 Å². The first-order valence-corrected chi connectivity index (χ1v) is 12.5. The lowest BCUT2D eigenvalue weighted by molar-refractivity contribution is 0.0666. The molecule has 4 aromatic rings. The number of morpholine rings is 1. The van der Waals surface area contributed by atoms with E-state index in [9.17, 15) is 4.79 Å². The maximum absolute atomic E-state index is 14.0. The molecule has 7 rings (SSSR count). The SMILES string of the molecule is O=C1c2ccccc2NC(c2cc3ccccc3nc2N2CCOCC2)N1Cc1ccc2c(c1)OCO2. The molecule has 1 saturated heterocycles. The molecule has 3 aromatic carbocycles. The monoisotopic (exact) mass is 494 g/mol. The van der Waals surface area contributed by atoms with Gasteiger partial charge < -0.3 is 29.3 Å². The van der Waals surface area contributed by atoms with Crippen LogP contribution in [0.4, 0.5) is 11.5 Å². The lowest BCUT2D eigenvalue weighted by Crippen LogP contribution is -2.44. The summed E-state index contributed by atoms with van der Waals surface area (Å²) in [6.07, 6.45) is -0.414. The van der Waals surface area contributed by atoms with E-state index < -0.39 is 6.17 Å². The van der Waals surface area contributed by atoms with Gasteiger partial charge in [-0.05, 0) is 42.0 Å². The van der Waals surface area contributed by atoms with Crippen LogP contribution in [0, 0.1) is 0 Å². The molecule has 1 aromatic heterocycles. The first-order valence-electron chi connectivity index (χ1n) is 12.5. The van der Waals surface area contributed by atoms with E-state index in [4.69, 9.17) is 19.2 Å². The molecule has 0 radical (unpaired) electrons. The van der Waals surface area contributed by atoms with Gasteiger partial charge in [-0.15, -0.1) is 0 Å². The summed E-state index contributed by atoms with van der Waals surface area (Å²) in [7, 11) is 0. The summed E-state index contributed by atoms with van der Waals surface area (Å²) in [5.74, 6) is 2.27.